The Morgan fingerprint density at radius 2 is 1.09 bits per heavy atom. The summed E-state index contributed by atoms with van der Waals surface area (Å²) in [4.78, 5) is 22.3. The second-order valence-electron chi connectivity index (χ2n) is 7.27. The Morgan fingerprint density at radius 1 is 0.647 bits per heavy atom. The molecule has 0 radical (unpaired) electrons. The first-order valence-corrected chi connectivity index (χ1v) is 10.6. The summed E-state index contributed by atoms with van der Waals surface area (Å²) in [7, 11) is 3.12. The lowest BCUT2D eigenvalue weighted by atomic mass is 9.91. The Labute approximate surface area is 197 Å². The van der Waals surface area contributed by atoms with Crippen LogP contribution in [-0.2, 0) is 9.47 Å². The minimum absolute atomic E-state index is 0.0936. The van der Waals surface area contributed by atoms with E-state index < -0.39 is 0 Å². The van der Waals surface area contributed by atoms with E-state index in [1.165, 1.54) is 0 Å². The van der Waals surface area contributed by atoms with Crippen molar-refractivity contribution < 1.29 is 23.7 Å². The number of benzene rings is 2. The molecule has 0 N–H and O–H groups in total. The van der Waals surface area contributed by atoms with Crippen molar-refractivity contribution in [3.63, 3.8) is 0 Å². The zero-order valence-electron chi connectivity index (χ0n) is 18.9. The fourth-order valence-electron chi connectivity index (χ4n) is 3.64. The van der Waals surface area contributed by atoms with Crippen molar-refractivity contribution in [1.82, 2.24) is 9.97 Å². The fraction of sp³-hybridized carbons (Fsp3) is 0.148. The summed E-state index contributed by atoms with van der Waals surface area (Å²) in [6.45, 7) is 0.187. The average molecular weight is 456 g/mol. The molecule has 0 bridgehead atoms. The maximum absolute atomic E-state index is 13.9. The molecular weight excluding hydrogens is 432 g/mol. The number of nitrogens with zero attached hydrogens (tertiary/aromatic N) is 2. The normalized spacial score (nSPS) is 10.6. The largest absolute Gasteiger partial charge is 0.467 e. The predicted molar refractivity (Wildman–Crippen MR) is 128 cm³/mol. The van der Waals surface area contributed by atoms with Crippen LogP contribution >= 0.6 is 0 Å². The SMILES string of the molecule is COCOc1ccccc1-c1ccncc1C(=O)c1cnccc1-c1ccccc1OCOC. The van der Waals surface area contributed by atoms with E-state index in [0.29, 0.717) is 33.8 Å². The molecule has 7 nitrogen and oxygen atoms in total. The van der Waals surface area contributed by atoms with Crippen LogP contribution in [0.5, 0.6) is 11.5 Å². The van der Waals surface area contributed by atoms with Gasteiger partial charge in [0, 0.05) is 61.3 Å². The number of pyridine rings is 2. The Morgan fingerprint density at radius 3 is 1.53 bits per heavy atom. The summed E-state index contributed by atoms with van der Waals surface area (Å²) >= 11 is 0. The lowest BCUT2D eigenvalue weighted by molar-refractivity contribution is 0.0514. The molecule has 0 atom stereocenters. The molecule has 2 aromatic heterocycles. The molecule has 2 heterocycles. The Balaban J connectivity index is 1.80. The van der Waals surface area contributed by atoms with E-state index in [0.717, 1.165) is 11.1 Å². The molecule has 0 aliphatic rings. The second-order valence-corrected chi connectivity index (χ2v) is 7.27. The second kappa shape index (κ2) is 11.2. The van der Waals surface area contributed by atoms with Crippen molar-refractivity contribution in [3.05, 3.63) is 96.6 Å². The number of hydrogen-bond donors (Lipinski definition) is 0. The highest BCUT2D eigenvalue weighted by molar-refractivity contribution is 6.16. The Bertz CT molecular complexity index is 1180. The Kier molecular flexibility index (Phi) is 7.60. The quantitative estimate of drug-likeness (QED) is 0.245. The van der Waals surface area contributed by atoms with Crippen LogP contribution in [0.25, 0.3) is 22.3 Å². The maximum atomic E-state index is 13.9. The highest BCUT2D eigenvalue weighted by Gasteiger charge is 2.22. The van der Waals surface area contributed by atoms with Crippen LogP contribution in [0, 0.1) is 0 Å². The van der Waals surface area contributed by atoms with Crippen LogP contribution in [0.15, 0.2) is 85.5 Å². The standard InChI is InChI=1S/C27H24N2O5/c1-31-17-33-25-9-5-3-7-21(25)19-11-13-28-15-23(19)27(30)24-16-29-14-12-20(24)22-8-4-6-10-26(22)34-18-32-2/h3-16H,17-18H2,1-2H3. The number of para-hydroxylation sites is 2. The van der Waals surface area contributed by atoms with Gasteiger partial charge in [0.25, 0.3) is 0 Å². The van der Waals surface area contributed by atoms with Crippen molar-refractivity contribution in [2.75, 3.05) is 27.8 Å². The van der Waals surface area contributed by atoms with Gasteiger partial charge >= 0.3 is 0 Å². The lowest BCUT2D eigenvalue weighted by Gasteiger charge is -2.16. The summed E-state index contributed by atoms with van der Waals surface area (Å²) in [5, 5.41) is 0. The smallest absolute Gasteiger partial charge is 0.197 e. The number of rotatable bonds is 10. The number of aromatic nitrogens is 2. The third-order valence-corrected chi connectivity index (χ3v) is 5.15. The number of methoxy groups -OCH3 is 2. The van der Waals surface area contributed by atoms with Gasteiger partial charge in [-0.1, -0.05) is 36.4 Å². The molecule has 0 unspecified atom stereocenters. The number of hydrogen-bond acceptors (Lipinski definition) is 7. The zero-order chi connectivity index (χ0) is 23.8. The van der Waals surface area contributed by atoms with E-state index >= 15 is 0 Å². The molecule has 0 spiro atoms. The van der Waals surface area contributed by atoms with Crippen LogP contribution < -0.4 is 9.47 Å². The van der Waals surface area contributed by atoms with Crippen LogP contribution in [-0.4, -0.2) is 43.6 Å². The minimum Gasteiger partial charge on any atom is -0.467 e. The van der Waals surface area contributed by atoms with E-state index in [4.69, 9.17) is 18.9 Å². The first-order valence-electron chi connectivity index (χ1n) is 10.6. The van der Waals surface area contributed by atoms with Gasteiger partial charge in [0.1, 0.15) is 11.5 Å². The van der Waals surface area contributed by atoms with E-state index in [-0.39, 0.29) is 19.4 Å². The summed E-state index contributed by atoms with van der Waals surface area (Å²) in [5.41, 5.74) is 3.79. The molecule has 4 aromatic rings. The molecule has 7 heteroatoms. The topological polar surface area (TPSA) is 79.8 Å². The van der Waals surface area contributed by atoms with Crippen molar-refractivity contribution in [1.29, 1.82) is 0 Å². The van der Waals surface area contributed by atoms with E-state index in [1.54, 1.807) is 51.1 Å². The highest BCUT2D eigenvalue weighted by atomic mass is 16.7. The number of ketones is 1. The molecule has 0 fully saturated rings. The van der Waals surface area contributed by atoms with Gasteiger partial charge in [-0.25, -0.2) is 0 Å². The average Bonchev–Trinajstić information content (AvgIpc) is 2.90. The van der Waals surface area contributed by atoms with Crippen LogP contribution in [0.3, 0.4) is 0 Å². The number of carbonyl (C=O) groups excluding carboxylic acids is 1. The zero-order valence-corrected chi connectivity index (χ0v) is 18.9. The third-order valence-electron chi connectivity index (χ3n) is 5.15. The van der Waals surface area contributed by atoms with Crippen molar-refractivity contribution >= 4 is 5.78 Å². The molecule has 4 rings (SSSR count). The molecule has 0 saturated heterocycles. The van der Waals surface area contributed by atoms with Gasteiger partial charge in [-0.05, 0) is 35.4 Å². The fourth-order valence-corrected chi connectivity index (χ4v) is 3.64. The van der Waals surface area contributed by atoms with E-state index in [9.17, 15) is 4.79 Å². The van der Waals surface area contributed by atoms with Crippen molar-refractivity contribution in [2.45, 2.75) is 0 Å². The molecular formula is C27H24N2O5. The molecule has 0 aliphatic heterocycles. The van der Waals surface area contributed by atoms with Gasteiger partial charge in [-0.2, -0.15) is 0 Å². The molecule has 0 amide bonds. The first-order chi connectivity index (χ1) is 16.7. The van der Waals surface area contributed by atoms with Crippen molar-refractivity contribution in [3.8, 4) is 33.8 Å². The van der Waals surface area contributed by atoms with E-state index in [2.05, 4.69) is 9.97 Å². The third kappa shape index (κ3) is 4.96. The summed E-state index contributed by atoms with van der Waals surface area (Å²) in [6, 6.07) is 18.6. The van der Waals surface area contributed by atoms with Gasteiger partial charge in [0.2, 0.25) is 0 Å². The van der Waals surface area contributed by atoms with E-state index in [1.807, 2.05) is 48.5 Å². The first kappa shape index (κ1) is 23.1. The highest BCUT2D eigenvalue weighted by Crippen LogP contribution is 2.36. The lowest BCUT2D eigenvalue weighted by Crippen LogP contribution is -2.08. The number of ether oxygens (including phenoxy) is 4. The minimum atomic E-state index is -0.214. The van der Waals surface area contributed by atoms with Crippen LogP contribution in [0.2, 0.25) is 0 Å². The Hall–Kier alpha value is -4.07. The molecule has 172 valence electrons. The molecule has 34 heavy (non-hydrogen) atoms. The van der Waals surface area contributed by atoms with Crippen LogP contribution in [0.4, 0.5) is 0 Å². The molecule has 2 aromatic carbocycles. The number of carbonyl (C=O) groups is 1. The summed E-state index contributed by atoms with van der Waals surface area (Å²) in [6.07, 6.45) is 6.43. The van der Waals surface area contributed by atoms with Gasteiger partial charge in [0.05, 0.1) is 0 Å². The molecule has 0 saturated carbocycles. The van der Waals surface area contributed by atoms with Gasteiger partial charge in [-0.3, -0.25) is 14.8 Å². The molecule has 0 aliphatic carbocycles. The monoisotopic (exact) mass is 456 g/mol. The maximum Gasteiger partial charge on any atom is 0.197 e. The summed E-state index contributed by atoms with van der Waals surface area (Å²) in [5.74, 6) is 0.998. The van der Waals surface area contributed by atoms with Crippen LogP contribution in [0.1, 0.15) is 15.9 Å². The van der Waals surface area contributed by atoms with Gasteiger partial charge < -0.3 is 18.9 Å². The predicted octanol–water partition coefficient (Wildman–Crippen LogP) is 5.01. The van der Waals surface area contributed by atoms with Crippen molar-refractivity contribution in [2.24, 2.45) is 0 Å². The van der Waals surface area contributed by atoms with Gasteiger partial charge in [0.15, 0.2) is 19.4 Å². The van der Waals surface area contributed by atoms with Gasteiger partial charge in [-0.15, -0.1) is 0 Å². The summed E-state index contributed by atoms with van der Waals surface area (Å²) < 4.78 is 21.6.